The van der Waals surface area contributed by atoms with Crippen molar-refractivity contribution in [3.63, 3.8) is 0 Å². The Morgan fingerprint density at radius 2 is 2.00 bits per heavy atom. The predicted octanol–water partition coefficient (Wildman–Crippen LogP) is 5.02. The van der Waals surface area contributed by atoms with Crippen molar-refractivity contribution in [3.8, 4) is 11.5 Å². The van der Waals surface area contributed by atoms with Crippen LogP contribution in [0.5, 0.6) is 11.5 Å². The maximum atomic E-state index is 5.84. The van der Waals surface area contributed by atoms with Crippen LogP contribution in [0, 0.1) is 0 Å². The number of benzene rings is 1. The van der Waals surface area contributed by atoms with Crippen molar-refractivity contribution in [2.75, 3.05) is 13.2 Å². The highest BCUT2D eigenvalue weighted by Crippen LogP contribution is 2.48. The number of rotatable bonds is 4. The maximum absolute atomic E-state index is 5.84. The van der Waals surface area contributed by atoms with Crippen molar-refractivity contribution < 1.29 is 9.47 Å². The van der Waals surface area contributed by atoms with E-state index >= 15 is 0 Å². The third kappa shape index (κ3) is 2.69. The lowest BCUT2D eigenvalue weighted by Gasteiger charge is -2.26. The lowest BCUT2D eigenvalue weighted by molar-refractivity contribution is 0.283. The van der Waals surface area contributed by atoms with Gasteiger partial charge in [0.2, 0.25) is 0 Å². The zero-order valence-electron chi connectivity index (χ0n) is 10.8. The molecule has 1 aliphatic carbocycles. The minimum atomic E-state index is 0.361. The number of fused-ring (bicyclic) bond motifs is 1. The molecule has 0 saturated heterocycles. The first kappa shape index (κ1) is 14.2. The van der Waals surface area contributed by atoms with Crippen molar-refractivity contribution in [2.45, 2.75) is 37.9 Å². The van der Waals surface area contributed by atoms with Crippen molar-refractivity contribution in [1.82, 2.24) is 0 Å². The number of halogens is 2. The van der Waals surface area contributed by atoms with E-state index in [9.17, 15) is 0 Å². The fourth-order valence-electron chi connectivity index (χ4n) is 2.41. The summed E-state index contributed by atoms with van der Waals surface area (Å²) in [5.41, 5.74) is 2.62. The molecule has 1 aromatic carbocycles. The van der Waals surface area contributed by atoms with E-state index < -0.39 is 0 Å². The Bertz CT molecular complexity index is 432. The fraction of sp³-hybridized carbons (Fsp3) is 0.571. The van der Waals surface area contributed by atoms with Crippen LogP contribution in [0.25, 0.3) is 0 Å². The predicted molar refractivity (Wildman–Crippen MR) is 81.1 cm³/mol. The van der Waals surface area contributed by atoms with E-state index in [1.807, 2.05) is 19.9 Å². The number of ether oxygens (including phenoxy) is 2. The molecule has 0 amide bonds. The molecular formula is C14H18Br2O2. The Kier molecular flexibility index (Phi) is 4.96. The molecule has 0 saturated carbocycles. The molecule has 2 nitrogen and oxygen atoms in total. The summed E-state index contributed by atoms with van der Waals surface area (Å²) < 4.78 is 12.7. The SMILES string of the molecule is CCOc1cc(Br)c2c(c1OCC)C(Br)CCC2. The van der Waals surface area contributed by atoms with Gasteiger partial charge in [0, 0.05) is 14.9 Å². The van der Waals surface area contributed by atoms with Gasteiger partial charge in [0.1, 0.15) is 0 Å². The van der Waals surface area contributed by atoms with Crippen molar-refractivity contribution in [2.24, 2.45) is 0 Å². The molecule has 18 heavy (non-hydrogen) atoms. The standard InChI is InChI=1S/C14H18Br2O2/c1-3-17-12-8-11(16)9-6-5-7-10(15)13(9)14(12)18-4-2/h8,10H,3-7H2,1-2H3. The minimum absolute atomic E-state index is 0.361. The van der Waals surface area contributed by atoms with Crippen LogP contribution in [-0.4, -0.2) is 13.2 Å². The van der Waals surface area contributed by atoms with E-state index in [1.165, 1.54) is 17.5 Å². The highest BCUT2D eigenvalue weighted by molar-refractivity contribution is 9.10. The Balaban J connectivity index is 2.56. The Labute approximate surface area is 125 Å². The van der Waals surface area contributed by atoms with Gasteiger partial charge >= 0.3 is 0 Å². The second-order valence-electron chi connectivity index (χ2n) is 4.30. The van der Waals surface area contributed by atoms with Gasteiger partial charge in [-0.3, -0.25) is 0 Å². The number of hydrogen-bond acceptors (Lipinski definition) is 2. The molecule has 0 fully saturated rings. The Morgan fingerprint density at radius 1 is 1.28 bits per heavy atom. The molecule has 0 aliphatic heterocycles. The molecule has 1 unspecified atom stereocenters. The van der Waals surface area contributed by atoms with Gasteiger partial charge in [-0.1, -0.05) is 31.9 Å². The number of hydrogen-bond donors (Lipinski definition) is 0. The van der Waals surface area contributed by atoms with Crippen LogP contribution in [0.4, 0.5) is 0 Å². The molecule has 0 N–H and O–H groups in total. The monoisotopic (exact) mass is 376 g/mol. The highest BCUT2D eigenvalue weighted by atomic mass is 79.9. The first-order valence-electron chi connectivity index (χ1n) is 6.43. The Morgan fingerprint density at radius 3 is 2.67 bits per heavy atom. The van der Waals surface area contributed by atoms with E-state index in [2.05, 4.69) is 31.9 Å². The second-order valence-corrected chi connectivity index (χ2v) is 6.26. The molecule has 1 aromatic rings. The van der Waals surface area contributed by atoms with Crippen LogP contribution in [0.15, 0.2) is 10.5 Å². The van der Waals surface area contributed by atoms with E-state index in [4.69, 9.17) is 9.47 Å². The first-order chi connectivity index (χ1) is 8.69. The highest BCUT2D eigenvalue weighted by Gasteiger charge is 2.27. The molecular weight excluding hydrogens is 360 g/mol. The average Bonchev–Trinajstić information content (AvgIpc) is 2.35. The van der Waals surface area contributed by atoms with Crippen LogP contribution < -0.4 is 9.47 Å². The fourth-order valence-corrected chi connectivity index (χ4v) is 3.84. The van der Waals surface area contributed by atoms with Crippen LogP contribution in [0.3, 0.4) is 0 Å². The third-order valence-corrected chi connectivity index (χ3v) is 4.75. The van der Waals surface area contributed by atoms with E-state index in [0.717, 1.165) is 28.8 Å². The van der Waals surface area contributed by atoms with Crippen LogP contribution in [-0.2, 0) is 6.42 Å². The van der Waals surface area contributed by atoms with Gasteiger partial charge in [-0.05, 0) is 44.7 Å². The minimum Gasteiger partial charge on any atom is -0.490 e. The summed E-state index contributed by atoms with van der Waals surface area (Å²) in [5.74, 6) is 1.76. The van der Waals surface area contributed by atoms with E-state index in [1.54, 1.807) is 0 Å². The van der Waals surface area contributed by atoms with Crippen LogP contribution >= 0.6 is 31.9 Å². The normalized spacial score (nSPS) is 18.3. The summed E-state index contributed by atoms with van der Waals surface area (Å²) in [4.78, 5) is 0.361. The summed E-state index contributed by atoms with van der Waals surface area (Å²) in [6.07, 6.45) is 3.46. The van der Waals surface area contributed by atoms with Crippen molar-refractivity contribution in [1.29, 1.82) is 0 Å². The molecule has 4 heteroatoms. The molecule has 1 aliphatic rings. The zero-order chi connectivity index (χ0) is 13.1. The summed E-state index contributed by atoms with van der Waals surface area (Å²) in [6.45, 7) is 5.32. The smallest absolute Gasteiger partial charge is 0.165 e. The molecule has 0 heterocycles. The van der Waals surface area contributed by atoms with Gasteiger partial charge in [0.15, 0.2) is 11.5 Å². The molecule has 0 aromatic heterocycles. The summed E-state index contributed by atoms with van der Waals surface area (Å²) >= 11 is 7.43. The average molecular weight is 378 g/mol. The number of alkyl halides is 1. The van der Waals surface area contributed by atoms with Gasteiger partial charge in [-0.15, -0.1) is 0 Å². The third-order valence-electron chi connectivity index (χ3n) is 3.13. The molecule has 2 rings (SSSR count). The topological polar surface area (TPSA) is 18.5 Å². The summed E-state index contributed by atoms with van der Waals surface area (Å²) in [5, 5.41) is 0. The van der Waals surface area contributed by atoms with Crippen molar-refractivity contribution in [3.05, 3.63) is 21.7 Å². The van der Waals surface area contributed by atoms with Gasteiger partial charge in [-0.2, -0.15) is 0 Å². The molecule has 0 bridgehead atoms. The molecule has 0 spiro atoms. The van der Waals surface area contributed by atoms with E-state index in [0.29, 0.717) is 18.0 Å². The summed E-state index contributed by atoms with van der Waals surface area (Å²) in [7, 11) is 0. The lowest BCUT2D eigenvalue weighted by Crippen LogP contribution is -2.11. The second kappa shape index (κ2) is 6.29. The summed E-state index contributed by atoms with van der Waals surface area (Å²) in [6, 6.07) is 2.04. The Hall–Kier alpha value is -0.220. The van der Waals surface area contributed by atoms with Gasteiger partial charge in [-0.25, -0.2) is 0 Å². The molecule has 1 atom stereocenters. The maximum Gasteiger partial charge on any atom is 0.165 e. The van der Waals surface area contributed by atoms with E-state index in [-0.39, 0.29) is 0 Å². The van der Waals surface area contributed by atoms with Crippen molar-refractivity contribution >= 4 is 31.9 Å². The van der Waals surface area contributed by atoms with Gasteiger partial charge in [0.05, 0.1) is 13.2 Å². The van der Waals surface area contributed by atoms with Gasteiger partial charge < -0.3 is 9.47 Å². The molecule has 0 radical (unpaired) electrons. The quantitative estimate of drug-likeness (QED) is 0.686. The first-order valence-corrected chi connectivity index (χ1v) is 8.14. The zero-order valence-corrected chi connectivity index (χ0v) is 13.9. The van der Waals surface area contributed by atoms with Crippen LogP contribution in [0.1, 0.15) is 42.6 Å². The lowest BCUT2D eigenvalue weighted by atomic mass is 9.90. The van der Waals surface area contributed by atoms with Gasteiger partial charge in [0.25, 0.3) is 0 Å². The largest absolute Gasteiger partial charge is 0.490 e. The van der Waals surface area contributed by atoms with Crippen LogP contribution in [0.2, 0.25) is 0 Å². The molecule has 100 valence electrons.